The Morgan fingerprint density at radius 3 is 1.48 bits per heavy atom. The molecule has 2 saturated heterocycles. The molecule has 2 aliphatic heterocycles. The number of β-amino-alcohol motifs (C(OH)–C–C–N with tert-alkyl or cyclic N) is 3. The first-order valence-corrected chi connectivity index (χ1v) is 10.2. The molecule has 3 N–H and O–H groups in total. The van der Waals surface area contributed by atoms with Gasteiger partial charge in [0.15, 0.2) is 0 Å². The minimum Gasteiger partial charge on any atom is -0.444 e. The summed E-state index contributed by atoms with van der Waals surface area (Å²) in [5.41, 5.74) is -1.05. The first kappa shape index (κ1) is 29.4. The number of hydrogen-bond donors (Lipinski definition) is 3. The highest BCUT2D eigenvalue weighted by molar-refractivity contribution is 5.69. The van der Waals surface area contributed by atoms with Crippen LogP contribution in [0.1, 0.15) is 55.9 Å². The molecule has 0 aromatic rings. The third-order valence-electron chi connectivity index (χ3n) is 4.18. The normalized spacial score (nSPS) is 26.0. The molecule has 0 unspecified atom stereocenters. The number of carbonyl (C=O) groups is 2. The van der Waals surface area contributed by atoms with Crippen LogP contribution in [0.25, 0.3) is 0 Å². The average Bonchev–Trinajstić information content (AvgIpc) is 3.09. The van der Waals surface area contributed by atoms with E-state index in [0.29, 0.717) is 13.2 Å². The van der Waals surface area contributed by atoms with E-state index in [4.69, 9.17) is 14.2 Å². The quantitative estimate of drug-likeness (QED) is 0.579. The molecule has 184 valence electrons. The van der Waals surface area contributed by atoms with Crippen LogP contribution in [0.5, 0.6) is 0 Å². The minimum atomic E-state index is -0.859. The van der Waals surface area contributed by atoms with Gasteiger partial charge in [0, 0.05) is 6.61 Å². The van der Waals surface area contributed by atoms with E-state index >= 15 is 0 Å². The van der Waals surface area contributed by atoms with Crippen LogP contribution < -0.4 is 0 Å². The monoisotopic (exact) mass is 450 g/mol. The second-order valence-electron chi connectivity index (χ2n) is 9.47. The zero-order valence-corrected chi connectivity index (χ0v) is 19.1. The lowest BCUT2D eigenvalue weighted by Gasteiger charge is -2.24. The third-order valence-corrected chi connectivity index (χ3v) is 4.18. The van der Waals surface area contributed by atoms with Gasteiger partial charge in [0.2, 0.25) is 0 Å². The number of rotatable bonds is 2. The largest absolute Gasteiger partial charge is 0.444 e. The van der Waals surface area contributed by atoms with Crippen molar-refractivity contribution >= 4 is 12.2 Å². The Morgan fingerprint density at radius 2 is 1.13 bits per heavy atom. The van der Waals surface area contributed by atoms with Gasteiger partial charge in [-0.1, -0.05) is 7.43 Å². The molecular formula is C21H42N2O8. The summed E-state index contributed by atoms with van der Waals surface area (Å²) >= 11 is 0. The van der Waals surface area contributed by atoms with Crippen molar-refractivity contribution in [3.8, 4) is 0 Å². The van der Waals surface area contributed by atoms with E-state index in [1.807, 2.05) is 27.7 Å². The Kier molecular flexibility index (Phi) is 11.2. The number of likely N-dealkylation sites (tertiary alicyclic amines) is 2. The Bertz CT molecular complexity index is 563. The Labute approximate surface area is 186 Å². The van der Waals surface area contributed by atoms with Crippen molar-refractivity contribution in [2.75, 3.05) is 32.8 Å². The van der Waals surface area contributed by atoms with E-state index in [1.165, 1.54) is 9.80 Å². The van der Waals surface area contributed by atoms with Crippen LogP contribution in [0, 0.1) is 0 Å². The molecule has 2 rings (SSSR count). The molecule has 2 aliphatic rings. The molecule has 0 bridgehead atoms. The maximum Gasteiger partial charge on any atom is 0.410 e. The van der Waals surface area contributed by atoms with Crippen molar-refractivity contribution < 1.29 is 39.1 Å². The van der Waals surface area contributed by atoms with Gasteiger partial charge < -0.3 is 39.3 Å². The number of ether oxygens (including phenoxy) is 3. The van der Waals surface area contributed by atoms with Gasteiger partial charge in [-0.2, -0.15) is 0 Å². The van der Waals surface area contributed by atoms with Gasteiger partial charge >= 0.3 is 12.2 Å². The van der Waals surface area contributed by atoms with E-state index in [9.17, 15) is 24.9 Å². The summed E-state index contributed by atoms with van der Waals surface area (Å²) in [4.78, 5) is 25.9. The van der Waals surface area contributed by atoms with Crippen molar-refractivity contribution in [1.29, 1.82) is 0 Å². The summed E-state index contributed by atoms with van der Waals surface area (Å²) in [7, 11) is 0. The number of aliphatic hydroxyl groups is 3. The van der Waals surface area contributed by atoms with E-state index in [-0.39, 0.29) is 33.2 Å². The molecule has 10 nitrogen and oxygen atoms in total. The van der Waals surface area contributed by atoms with Crippen LogP contribution >= 0.6 is 0 Å². The molecule has 2 heterocycles. The zero-order valence-electron chi connectivity index (χ0n) is 19.1. The molecule has 31 heavy (non-hydrogen) atoms. The van der Waals surface area contributed by atoms with Gasteiger partial charge in [0.25, 0.3) is 0 Å². The van der Waals surface area contributed by atoms with Crippen molar-refractivity contribution in [3.63, 3.8) is 0 Å². The first-order valence-electron chi connectivity index (χ1n) is 10.2. The fraction of sp³-hybridized carbons (Fsp3) is 0.905. The average molecular weight is 451 g/mol. The Hall–Kier alpha value is -1.62. The Morgan fingerprint density at radius 1 is 0.774 bits per heavy atom. The molecule has 0 aromatic heterocycles. The zero-order chi connectivity index (χ0) is 23.3. The SMILES string of the molecule is C.CC(C)(C)OC(=O)N1C[C@@H](O)[C@H](O)C1.CCO[C@@H]1CN(C(=O)OC(C)(C)C)C[C@H]1O. The summed E-state index contributed by atoms with van der Waals surface area (Å²) in [6.45, 7) is 14.1. The molecular weight excluding hydrogens is 408 g/mol. The van der Waals surface area contributed by atoms with Crippen molar-refractivity contribution in [3.05, 3.63) is 0 Å². The number of hydrogen-bond acceptors (Lipinski definition) is 8. The van der Waals surface area contributed by atoms with Gasteiger partial charge in [-0.05, 0) is 48.5 Å². The molecule has 2 fully saturated rings. The molecule has 0 aromatic carbocycles. The first-order chi connectivity index (χ1) is 13.6. The number of aliphatic hydroxyl groups excluding tert-OH is 3. The molecule has 0 aliphatic carbocycles. The van der Waals surface area contributed by atoms with Crippen LogP contribution in [-0.4, -0.2) is 106 Å². The van der Waals surface area contributed by atoms with E-state index in [2.05, 4.69) is 0 Å². The molecule has 10 heteroatoms. The van der Waals surface area contributed by atoms with E-state index in [0.717, 1.165) is 0 Å². The number of amides is 2. The predicted molar refractivity (Wildman–Crippen MR) is 116 cm³/mol. The second kappa shape index (κ2) is 11.8. The maximum atomic E-state index is 11.7. The van der Waals surface area contributed by atoms with E-state index < -0.39 is 41.7 Å². The van der Waals surface area contributed by atoms with Crippen LogP contribution in [0.15, 0.2) is 0 Å². The van der Waals surface area contributed by atoms with Crippen molar-refractivity contribution in [2.45, 2.75) is 91.5 Å². The standard InChI is InChI=1S/C11H21NO4.C9H17NO4.CH4/c1-5-15-9-7-12(6-8(9)13)10(14)16-11(2,3)4;1-9(2,3)14-8(13)10-4-6(11)7(12)5-10;/h8-9,13H,5-7H2,1-4H3;6-7,11-12H,4-5H2,1-3H3;1H4/t8-,9-;6-,7-;/m11./s1. The van der Waals surface area contributed by atoms with Crippen LogP contribution in [-0.2, 0) is 14.2 Å². The van der Waals surface area contributed by atoms with Gasteiger partial charge in [0.05, 0.1) is 44.5 Å². The van der Waals surface area contributed by atoms with Crippen LogP contribution in [0.2, 0.25) is 0 Å². The maximum absolute atomic E-state index is 11.7. The smallest absolute Gasteiger partial charge is 0.410 e. The molecule has 0 saturated carbocycles. The van der Waals surface area contributed by atoms with Gasteiger partial charge in [-0.25, -0.2) is 9.59 Å². The van der Waals surface area contributed by atoms with Gasteiger partial charge in [-0.15, -0.1) is 0 Å². The predicted octanol–water partition coefficient (Wildman–Crippen LogP) is 1.60. The molecule has 0 spiro atoms. The number of nitrogens with zero attached hydrogens (tertiary/aromatic N) is 2. The highest BCUT2D eigenvalue weighted by Gasteiger charge is 2.36. The van der Waals surface area contributed by atoms with Crippen molar-refractivity contribution in [2.24, 2.45) is 0 Å². The van der Waals surface area contributed by atoms with E-state index in [1.54, 1.807) is 20.8 Å². The highest BCUT2D eigenvalue weighted by atomic mass is 16.6. The lowest BCUT2D eigenvalue weighted by atomic mass is 10.2. The summed E-state index contributed by atoms with van der Waals surface area (Å²) in [6.07, 6.45) is -3.52. The molecule has 4 atom stereocenters. The molecule has 2 amide bonds. The van der Waals surface area contributed by atoms with Crippen LogP contribution in [0.4, 0.5) is 9.59 Å². The molecule has 0 radical (unpaired) electrons. The fourth-order valence-electron chi connectivity index (χ4n) is 2.86. The summed E-state index contributed by atoms with van der Waals surface area (Å²) in [5, 5.41) is 28.1. The van der Waals surface area contributed by atoms with Gasteiger partial charge in [0.1, 0.15) is 17.3 Å². The summed E-state index contributed by atoms with van der Waals surface area (Å²) in [6, 6.07) is 0. The fourth-order valence-corrected chi connectivity index (χ4v) is 2.86. The second-order valence-corrected chi connectivity index (χ2v) is 9.47. The lowest BCUT2D eigenvalue weighted by Crippen LogP contribution is -2.36. The number of carbonyl (C=O) groups excluding carboxylic acids is 2. The topological polar surface area (TPSA) is 129 Å². The summed E-state index contributed by atoms with van der Waals surface area (Å²) in [5.74, 6) is 0. The third kappa shape index (κ3) is 10.5. The van der Waals surface area contributed by atoms with Crippen LogP contribution in [0.3, 0.4) is 0 Å². The lowest BCUT2D eigenvalue weighted by molar-refractivity contribution is -0.00301. The highest BCUT2D eigenvalue weighted by Crippen LogP contribution is 2.18. The van der Waals surface area contributed by atoms with Gasteiger partial charge in [-0.3, -0.25) is 0 Å². The van der Waals surface area contributed by atoms with Crippen molar-refractivity contribution in [1.82, 2.24) is 9.80 Å². The summed E-state index contributed by atoms with van der Waals surface area (Å²) < 4.78 is 15.6. The minimum absolute atomic E-state index is 0. The Balaban J connectivity index is 0.000000567.